The van der Waals surface area contributed by atoms with Gasteiger partial charge in [0.1, 0.15) is 0 Å². The second kappa shape index (κ2) is 16.8. The van der Waals surface area contributed by atoms with Gasteiger partial charge in [0, 0.05) is 71.4 Å². The number of carbonyl (C=O) groups is 3. The minimum absolute atomic E-state index is 0.327. The zero-order chi connectivity index (χ0) is 31.4. The van der Waals surface area contributed by atoms with Crippen LogP contribution in [0.2, 0.25) is 15.1 Å². The number of hydrogen-bond acceptors (Lipinski definition) is 4. The predicted octanol–water partition coefficient (Wildman–Crippen LogP) is 6.64. The second-order valence-corrected chi connectivity index (χ2v) is 11.1. The fraction of sp³-hybridized carbons (Fsp3) is 0.300. The van der Waals surface area contributed by atoms with Gasteiger partial charge in [-0.3, -0.25) is 4.90 Å². The Morgan fingerprint density at radius 3 is 1.07 bits per heavy atom. The number of urea groups is 3. The van der Waals surface area contributed by atoms with Crippen molar-refractivity contribution in [2.24, 2.45) is 0 Å². The van der Waals surface area contributed by atoms with Gasteiger partial charge in [0.25, 0.3) is 0 Å². The van der Waals surface area contributed by atoms with Crippen LogP contribution in [0.1, 0.15) is 16.7 Å². The van der Waals surface area contributed by atoms with Crippen molar-refractivity contribution in [1.82, 2.24) is 20.9 Å². The summed E-state index contributed by atoms with van der Waals surface area (Å²) in [6.07, 6.45) is 0. The van der Waals surface area contributed by atoms with E-state index >= 15 is 0 Å². The number of nitrogens with one attached hydrogen (secondary N) is 6. The van der Waals surface area contributed by atoms with Gasteiger partial charge in [-0.2, -0.15) is 0 Å². The Balaban J connectivity index is 1.48. The SMILES string of the molecule is Cc1ccc(NC(=O)NCCN(CCNC(=O)Nc2ccc(C)c(Cl)c2)CCNC(=O)Nc2ccc(C)c(Cl)c2)cc1Cl. The van der Waals surface area contributed by atoms with Crippen LogP contribution in [0.3, 0.4) is 0 Å². The first-order valence-corrected chi connectivity index (χ1v) is 14.8. The van der Waals surface area contributed by atoms with Gasteiger partial charge in [-0.15, -0.1) is 0 Å². The van der Waals surface area contributed by atoms with E-state index in [2.05, 4.69) is 31.9 Å². The van der Waals surface area contributed by atoms with Crippen LogP contribution < -0.4 is 31.9 Å². The average molecular weight is 649 g/mol. The number of halogens is 3. The lowest BCUT2D eigenvalue weighted by Crippen LogP contribution is -2.44. The molecule has 230 valence electrons. The number of carbonyl (C=O) groups excluding carboxylic acids is 3. The molecule has 0 atom stereocenters. The van der Waals surface area contributed by atoms with Crippen LogP contribution in [0.25, 0.3) is 0 Å². The normalized spacial score (nSPS) is 10.7. The first-order valence-electron chi connectivity index (χ1n) is 13.7. The molecule has 0 spiro atoms. The lowest BCUT2D eigenvalue weighted by Gasteiger charge is -2.23. The van der Waals surface area contributed by atoms with Crippen molar-refractivity contribution >= 4 is 70.0 Å². The molecule has 43 heavy (non-hydrogen) atoms. The topological polar surface area (TPSA) is 127 Å². The number of anilines is 3. The van der Waals surface area contributed by atoms with E-state index < -0.39 is 0 Å². The smallest absolute Gasteiger partial charge is 0.319 e. The van der Waals surface area contributed by atoms with Crippen molar-refractivity contribution in [3.63, 3.8) is 0 Å². The molecule has 6 amide bonds. The van der Waals surface area contributed by atoms with Crippen LogP contribution in [0.15, 0.2) is 54.6 Å². The maximum absolute atomic E-state index is 12.4. The highest BCUT2D eigenvalue weighted by atomic mass is 35.5. The first kappa shape index (κ1) is 33.8. The maximum Gasteiger partial charge on any atom is 0.319 e. The van der Waals surface area contributed by atoms with E-state index in [1.807, 2.05) is 43.9 Å². The van der Waals surface area contributed by atoms with Crippen molar-refractivity contribution in [2.75, 3.05) is 55.2 Å². The average Bonchev–Trinajstić information content (AvgIpc) is 2.94. The molecule has 10 nitrogen and oxygen atoms in total. The summed E-state index contributed by atoms with van der Waals surface area (Å²) < 4.78 is 0. The molecule has 13 heteroatoms. The number of aryl methyl sites for hydroxylation is 3. The summed E-state index contributed by atoms with van der Waals surface area (Å²) in [5, 5.41) is 18.4. The lowest BCUT2D eigenvalue weighted by atomic mass is 10.2. The molecule has 0 aliphatic rings. The summed E-state index contributed by atoms with van der Waals surface area (Å²) >= 11 is 18.4. The Hall–Kier alpha value is -3.70. The third kappa shape index (κ3) is 11.8. The molecule has 0 fully saturated rings. The van der Waals surface area contributed by atoms with E-state index in [1.54, 1.807) is 36.4 Å². The van der Waals surface area contributed by atoms with Crippen LogP contribution in [-0.4, -0.2) is 62.3 Å². The highest BCUT2D eigenvalue weighted by molar-refractivity contribution is 6.32. The van der Waals surface area contributed by atoms with Crippen LogP contribution in [0.4, 0.5) is 31.4 Å². The third-order valence-corrected chi connectivity index (χ3v) is 7.65. The Labute approximate surface area is 266 Å². The first-order chi connectivity index (χ1) is 20.5. The molecule has 0 aliphatic carbocycles. The van der Waals surface area contributed by atoms with Gasteiger partial charge in [-0.05, 0) is 73.9 Å². The van der Waals surface area contributed by atoms with Gasteiger partial charge in [-0.25, -0.2) is 14.4 Å². The van der Waals surface area contributed by atoms with Crippen LogP contribution in [0, 0.1) is 20.8 Å². The molecule has 0 heterocycles. The monoisotopic (exact) mass is 647 g/mol. The number of benzene rings is 3. The number of nitrogens with zero attached hydrogens (tertiary/aromatic N) is 1. The van der Waals surface area contributed by atoms with Gasteiger partial charge < -0.3 is 31.9 Å². The minimum atomic E-state index is -0.372. The Morgan fingerprint density at radius 2 is 0.814 bits per heavy atom. The molecular formula is C30H36Cl3N7O3. The maximum atomic E-state index is 12.4. The predicted molar refractivity (Wildman–Crippen MR) is 176 cm³/mol. The molecule has 0 saturated carbocycles. The lowest BCUT2D eigenvalue weighted by molar-refractivity contribution is 0.238. The highest BCUT2D eigenvalue weighted by Gasteiger charge is 2.11. The summed E-state index contributed by atoms with van der Waals surface area (Å²) in [5.74, 6) is 0. The third-order valence-electron chi connectivity index (χ3n) is 6.43. The number of amides is 6. The molecule has 0 aromatic heterocycles. The summed E-state index contributed by atoms with van der Waals surface area (Å²) in [7, 11) is 0. The van der Waals surface area contributed by atoms with Gasteiger partial charge >= 0.3 is 18.1 Å². The standard InChI is InChI=1S/C30H36Cl3N7O3/c1-19-4-7-22(16-25(19)31)37-28(41)34-10-13-40(14-11-35-29(42)38-23-8-5-20(2)26(32)17-23)15-12-36-30(43)39-24-9-6-21(3)27(33)18-24/h4-9,16-18H,10-15H2,1-3H3,(H2,34,37,41)(H2,35,38,42)(H2,36,39,43). The Morgan fingerprint density at radius 1 is 0.535 bits per heavy atom. The Kier molecular flexibility index (Phi) is 13.2. The van der Waals surface area contributed by atoms with E-state index in [-0.39, 0.29) is 18.1 Å². The molecular weight excluding hydrogens is 613 g/mol. The molecule has 3 rings (SSSR count). The van der Waals surface area contributed by atoms with E-state index in [9.17, 15) is 14.4 Å². The molecule has 0 unspecified atom stereocenters. The van der Waals surface area contributed by atoms with E-state index in [0.717, 1.165) is 16.7 Å². The summed E-state index contributed by atoms with van der Waals surface area (Å²) in [5.41, 5.74) is 4.50. The molecule has 0 aliphatic heterocycles. The van der Waals surface area contributed by atoms with Crippen LogP contribution in [-0.2, 0) is 0 Å². The van der Waals surface area contributed by atoms with E-state index in [1.165, 1.54) is 0 Å². The molecule has 3 aromatic rings. The highest BCUT2D eigenvalue weighted by Crippen LogP contribution is 2.21. The van der Waals surface area contributed by atoms with E-state index in [0.29, 0.717) is 71.4 Å². The molecule has 0 radical (unpaired) electrons. The summed E-state index contributed by atoms with van der Waals surface area (Å²) in [4.78, 5) is 39.2. The van der Waals surface area contributed by atoms with Gasteiger partial charge in [0.2, 0.25) is 0 Å². The van der Waals surface area contributed by atoms with E-state index in [4.69, 9.17) is 34.8 Å². The van der Waals surface area contributed by atoms with Crippen molar-refractivity contribution in [2.45, 2.75) is 20.8 Å². The second-order valence-electron chi connectivity index (χ2n) is 9.88. The van der Waals surface area contributed by atoms with Gasteiger partial charge in [0.05, 0.1) is 0 Å². The summed E-state index contributed by atoms with van der Waals surface area (Å²) in [6.45, 7) is 8.03. The quantitative estimate of drug-likeness (QED) is 0.132. The van der Waals surface area contributed by atoms with Crippen molar-refractivity contribution in [1.29, 1.82) is 0 Å². The zero-order valence-electron chi connectivity index (χ0n) is 24.2. The van der Waals surface area contributed by atoms with Gasteiger partial charge in [-0.1, -0.05) is 53.0 Å². The zero-order valence-corrected chi connectivity index (χ0v) is 26.5. The minimum Gasteiger partial charge on any atom is -0.337 e. The molecule has 3 aromatic carbocycles. The van der Waals surface area contributed by atoms with Crippen molar-refractivity contribution < 1.29 is 14.4 Å². The van der Waals surface area contributed by atoms with Crippen molar-refractivity contribution in [3.8, 4) is 0 Å². The van der Waals surface area contributed by atoms with Crippen molar-refractivity contribution in [3.05, 3.63) is 86.4 Å². The number of rotatable bonds is 12. The molecule has 0 saturated heterocycles. The summed E-state index contributed by atoms with van der Waals surface area (Å²) in [6, 6.07) is 14.7. The Bertz CT molecular complexity index is 1270. The molecule has 6 N–H and O–H groups in total. The van der Waals surface area contributed by atoms with Crippen LogP contribution in [0.5, 0.6) is 0 Å². The number of hydrogen-bond donors (Lipinski definition) is 6. The fourth-order valence-corrected chi connectivity index (χ4v) is 4.40. The van der Waals surface area contributed by atoms with Gasteiger partial charge in [0.15, 0.2) is 0 Å². The van der Waals surface area contributed by atoms with Crippen LogP contribution >= 0.6 is 34.8 Å². The fourth-order valence-electron chi connectivity index (χ4n) is 3.86. The largest absolute Gasteiger partial charge is 0.337 e. The molecule has 0 bridgehead atoms.